The van der Waals surface area contributed by atoms with Gasteiger partial charge in [0.1, 0.15) is 16.5 Å². The summed E-state index contributed by atoms with van der Waals surface area (Å²) in [5.74, 6) is -0.159. The summed E-state index contributed by atoms with van der Waals surface area (Å²) in [7, 11) is 0. The van der Waals surface area contributed by atoms with Gasteiger partial charge in [-0.05, 0) is 40.2 Å². The number of thiophene rings is 1. The fourth-order valence-corrected chi connectivity index (χ4v) is 3.31. The molecule has 0 bridgehead atoms. The minimum absolute atomic E-state index is 0.154. The molecule has 1 amide bonds. The second kappa shape index (κ2) is 5.37. The number of furan rings is 1. The van der Waals surface area contributed by atoms with Gasteiger partial charge in [0.25, 0.3) is 5.91 Å². The van der Waals surface area contributed by atoms with Crippen LogP contribution in [0, 0.1) is 34.6 Å². The van der Waals surface area contributed by atoms with Crippen molar-refractivity contribution in [1.82, 2.24) is 0 Å². The van der Waals surface area contributed by atoms with Crippen molar-refractivity contribution >= 4 is 28.2 Å². The summed E-state index contributed by atoms with van der Waals surface area (Å²) >= 11 is 1.27. The van der Waals surface area contributed by atoms with Crippen molar-refractivity contribution in [2.75, 3.05) is 5.32 Å². The van der Waals surface area contributed by atoms with Gasteiger partial charge in [0.2, 0.25) is 0 Å². The molecule has 0 aliphatic carbocycles. The molecule has 2 aromatic heterocycles. The minimum Gasteiger partial charge on any atom is -0.478 e. The number of amides is 1. The lowest BCUT2D eigenvalue weighted by Crippen LogP contribution is -2.15. The molecule has 2 rings (SSSR count). The maximum atomic E-state index is 12.4. The quantitative estimate of drug-likeness (QED) is 0.903. The molecule has 2 aromatic rings. The van der Waals surface area contributed by atoms with E-state index < -0.39 is 5.97 Å². The first-order valence-electron chi connectivity index (χ1n) is 6.45. The number of aryl methyl sites for hydroxylation is 3. The smallest absolute Gasteiger partial charge is 0.338 e. The van der Waals surface area contributed by atoms with Gasteiger partial charge in [0.05, 0.1) is 11.1 Å². The van der Waals surface area contributed by atoms with Crippen LogP contribution in [0.5, 0.6) is 0 Å². The molecule has 0 spiro atoms. The van der Waals surface area contributed by atoms with Crippen LogP contribution < -0.4 is 5.32 Å². The lowest BCUT2D eigenvalue weighted by molar-refractivity contribution is 0.0697. The third-order valence-electron chi connectivity index (χ3n) is 3.61. The number of carbonyl (C=O) groups is 2. The zero-order valence-electron chi connectivity index (χ0n) is 12.6. The zero-order chi connectivity index (χ0) is 15.9. The summed E-state index contributed by atoms with van der Waals surface area (Å²) in [6.07, 6.45) is 0. The van der Waals surface area contributed by atoms with E-state index in [1.165, 1.54) is 11.3 Å². The average molecular weight is 307 g/mol. The van der Waals surface area contributed by atoms with Gasteiger partial charge in [-0.15, -0.1) is 11.3 Å². The second-order valence-corrected chi connectivity index (χ2v) is 6.19. The molecule has 5 nitrogen and oxygen atoms in total. The SMILES string of the molecule is Cc1oc(C)c(C(=O)Nc2sc(C)c(C)c2C(=O)O)c1C. The van der Waals surface area contributed by atoms with Gasteiger partial charge in [0, 0.05) is 10.4 Å². The van der Waals surface area contributed by atoms with Crippen LogP contribution in [0.2, 0.25) is 0 Å². The predicted molar refractivity (Wildman–Crippen MR) is 81.6 cm³/mol. The Morgan fingerprint density at radius 3 is 2.10 bits per heavy atom. The van der Waals surface area contributed by atoms with Crippen molar-refractivity contribution in [3.8, 4) is 0 Å². The molecule has 2 N–H and O–H groups in total. The number of anilines is 1. The third-order valence-corrected chi connectivity index (χ3v) is 4.74. The number of carboxylic acids is 1. The summed E-state index contributed by atoms with van der Waals surface area (Å²) < 4.78 is 5.44. The predicted octanol–water partition coefficient (Wildman–Crippen LogP) is 3.83. The van der Waals surface area contributed by atoms with Gasteiger partial charge < -0.3 is 14.8 Å². The Morgan fingerprint density at radius 2 is 1.62 bits per heavy atom. The molecule has 0 radical (unpaired) electrons. The monoisotopic (exact) mass is 307 g/mol. The molecule has 112 valence electrons. The Balaban J connectivity index is 2.41. The molecule has 6 heteroatoms. The third kappa shape index (κ3) is 2.58. The molecule has 0 aliphatic rings. The number of rotatable bonds is 3. The van der Waals surface area contributed by atoms with Crippen molar-refractivity contribution in [3.63, 3.8) is 0 Å². The molecule has 0 saturated heterocycles. The molecule has 0 unspecified atom stereocenters. The highest BCUT2D eigenvalue weighted by atomic mass is 32.1. The second-order valence-electron chi connectivity index (χ2n) is 4.96. The van der Waals surface area contributed by atoms with Crippen molar-refractivity contribution in [1.29, 1.82) is 0 Å². The molecular formula is C15H17NO4S. The van der Waals surface area contributed by atoms with E-state index >= 15 is 0 Å². The number of aromatic carboxylic acids is 1. The Morgan fingerprint density at radius 1 is 1.00 bits per heavy atom. The summed E-state index contributed by atoms with van der Waals surface area (Å²) in [6.45, 7) is 8.90. The molecular weight excluding hydrogens is 290 g/mol. The molecule has 0 atom stereocenters. The summed E-state index contributed by atoms with van der Waals surface area (Å²) in [5, 5.41) is 12.4. The van der Waals surface area contributed by atoms with Crippen LogP contribution in [0.4, 0.5) is 5.00 Å². The number of hydrogen-bond acceptors (Lipinski definition) is 4. The number of carboxylic acid groups (broad SMARTS) is 1. The van der Waals surface area contributed by atoms with E-state index in [4.69, 9.17) is 4.42 Å². The van der Waals surface area contributed by atoms with E-state index in [2.05, 4.69) is 5.32 Å². The maximum absolute atomic E-state index is 12.4. The largest absolute Gasteiger partial charge is 0.478 e. The van der Waals surface area contributed by atoms with Crippen LogP contribution in [-0.4, -0.2) is 17.0 Å². The zero-order valence-corrected chi connectivity index (χ0v) is 13.4. The first kappa shape index (κ1) is 15.3. The fraction of sp³-hybridized carbons (Fsp3) is 0.333. The van der Waals surface area contributed by atoms with Crippen LogP contribution in [0.15, 0.2) is 4.42 Å². The molecule has 0 saturated carbocycles. The van der Waals surface area contributed by atoms with Crippen LogP contribution in [0.3, 0.4) is 0 Å². The summed E-state index contributed by atoms with van der Waals surface area (Å²) in [4.78, 5) is 24.6. The fourth-order valence-electron chi connectivity index (χ4n) is 2.27. The Kier molecular flexibility index (Phi) is 3.91. The molecule has 0 aliphatic heterocycles. The van der Waals surface area contributed by atoms with Gasteiger partial charge >= 0.3 is 5.97 Å². The minimum atomic E-state index is -1.04. The normalized spacial score (nSPS) is 10.7. The van der Waals surface area contributed by atoms with Crippen LogP contribution in [0.25, 0.3) is 0 Å². The summed E-state index contributed by atoms with van der Waals surface area (Å²) in [5.41, 5.74) is 2.07. The Labute approximate surface area is 126 Å². The Bertz CT molecular complexity index is 739. The highest BCUT2D eigenvalue weighted by Crippen LogP contribution is 2.33. The highest BCUT2D eigenvalue weighted by molar-refractivity contribution is 7.16. The van der Waals surface area contributed by atoms with E-state index in [9.17, 15) is 14.7 Å². The van der Waals surface area contributed by atoms with E-state index in [-0.39, 0.29) is 11.5 Å². The van der Waals surface area contributed by atoms with Crippen molar-refractivity contribution in [2.45, 2.75) is 34.6 Å². The first-order valence-corrected chi connectivity index (χ1v) is 7.26. The highest BCUT2D eigenvalue weighted by Gasteiger charge is 2.24. The van der Waals surface area contributed by atoms with Gasteiger partial charge in [-0.2, -0.15) is 0 Å². The topological polar surface area (TPSA) is 79.5 Å². The van der Waals surface area contributed by atoms with Crippen molar-refractivity contribution in [3.05, 3.63) is 38.7 Å². The van der Waals surface area contributed by atoms with E-state index in [0.29, 0.717) is 27.6 Å². The van der Waals surface area contributed by atoms with Crippen molar-refractivity contribution < 1.29 is 19.1 Å². The summed E-state index contributed by atoms with van der Waals surface area (Å²) in [6, 6.07) is 0. The average Bonchev–Trinajstić information content (AvgIpc) is 2.77. The van der Waals surface area contributed by atoms with E-state index in [1.54, 1.807) is 20.8 Å². The Hall–Kier alpha value is -2.08. The number of hydrogen-bond donors (Lipinski definition) is 2. The van der Waals surface area contributed by atoms with Crippen molar-refractivity contribution in [2.24, 2.45) is 0 Å². The molecule has 0 aromatic carbocycles. The standard InChI is InChI=1S/C15H17NO4S/c1-6-8(3)20-9(4)11(6)13(17)16-14-12(15(18)19)7(2)10(5)21-14/h1-5H3,(H,16,17)(H,18,19). The van der Waals surface area contributed by atoms with Crippen LogP contribution in [0.1, 0.15) is 48.2 Å². The number of nitrogens with one attached hydrogen (secondary N) is 1. The van der Waals surface area contributed by atoms with Gasteiger partial charge in [-0.1, -0.05) is 0 Å². The molecule has 21 heavy (non-hydrogen) atoms. The van der Waals surface area contributed by atoms with Crippen LogP contribution >= 0.6 is 11.3 Å². The number of carbonyl (C=O) groups excluding carboxylic acids is 1. The first-order chi connectivity index (χ1) is 9.73. The van der Waals surface area contributed by atoms with Gasteiger partial charge in [0.15, 0.2) is 0 Å². The van der Waals surface area contributed by atoms with E-state index in [1.807, 2.05) is 13.8 Å². The molecule has 2 heterocycles. The maximum Gasteiger partial charge on any atom is 0.338 e. The van der Waals surface area contributed by atoms with E-state index in [0.717, 1.165) is 10.4 Å². The van der Waals surface area contributed by atoms with Gasteiger partial charge in [-0.25, -0.2) is 4.79 Å². The lowest BCUT2D eigenvalue weighted by atomic mass is 10.1. The molecule has 0 fully saturated rings. The lowest BCUT2D eigenvalue weighted by Gasteiger charge is -2.05. The van der Waals surface area contributed by atoms with Crippen LogP contribution in [-0.2, 0) is 0 Å². The van der Waals surface area contributed by atoms with Gasteiger partial charge in [-0.3, -0.25) is 4.79 Å².